The zero-order chi connectivity index (χ0) is 19.6. The molecule has 0 saturated carbocycles. The Balaban J connectivity index is 1.72. The summed E-state index contributed by atoms with van der Waals surface area (Å²) >= 11 is 0. The average molecular weight is 371 g/mol. The minimum Gasteiger partial charge on any atom is -0.373 e. The fraction of sp³-hybridized carbons (Fsp3) is 0.524. The molecular formula is C21H29N3O3. The number of benzene rings is 1. The molecule has 27 heavy (non-hydrogen) atoms. The molecule has 1 saturated heterocycles. The van der Waals surface area contributed by atoms with E-state index in [1.165, 1.54) is 0 Å². The van der Waals surface area contributed by atoms with Crippen molar-refractivity contribution in [2.75, 3.05) is 39.8 Å². The molecule has 0 radical (unpaired) electrons. The number of carbonyl (C=O) groups excluding carboxylic acids is 1. The third-order valence-electron chi connectivity index (χ3n) is 5.08. The Bertz CT molecular complexity index is 813. The van der Waals surface area contributed by atoms with Crippen LogP contribution in [0.1, 0.15) is 35.5 Å². The van der Waals surface area contributed by atoms with Gasteiger partial charge in [0.2, 0.25) is 0 Å². The molecule has 0 aliphatic carbocycles. The number of rotatable bonds is 5. The zero-order valence-corrected chi connectivity index (χ0v) is 16.9. The molecule has 146 valence electrons. The highest BCUT2D eigenvalue weighted by Gasteiger charge is 2.28. The van der Waals surface area contributed by atoms with Crippen LogP contribution in [-0.4, -0.2) is 66.3 Å². The third-order valence-corrected chi connectivity index (χ3v) is 5.08. The summed E-state index contributed by atoms with van der Waals surface area (Å²) in [6.07, 6.45) is 0. The van der Waals surface area contributed by atoms with Gasteiger partial charge in [0, 0.05) is 38.8 Å². The maximum atomic E-state index is 13.1. The number of ether oxygens (including phenoxy) is 1. The second kappa shape index (κ2) is 7.82. The van der Waals surface area contributed by atoms with Crippen molar-refractivity contribution in [2.24, 2.45) is 0 Å². The average Bonchev–Trinajstić information content (AvgIpc) is 3.00. The Hall–Kier alpha value is -2.18. The molecule has 1 aliphatic rings. The van der Waals surface area contributed by atoms with E-state index in [9.17, 15) is 4.79 Å². The number of carbonyl (C=O) groups is 1. The van der Waals surface area contributed by atoms with Crippen LogP contribution in [0.5, 0.6) is 0 Å². The van der Waals surface area contributed by atoms with E-state index in [0.29, 0.717) is 23.6 Å². The smallest absolute Gasteiger partial charge is 0.259 e. The number of aryl methyl sites for hydroxylation is 2. The van der Waals surface area contributed by atoms with Crippen LogP contribution in [0.4, 0.5) is 0 Å². The van der Waals surface area contributed by atoms with E-state index >= 15 is 0 Å². The molecule has 2 aromatic rings. The van der Waals surface area contributed by atoms with Gasteiger partial charge in [-0.15, -0.1) is 0 Å². The van der Waals surface area contributed by atoms with Gasteiger partial charge in [0.05, 0.1) is 12.2 Å². The lowest BCUT2D eigenvalue weighted by atomic mass is 10.0. The lowest BCUT2D eigenvalue weighted by Crippen LogP contribution is -2.50. The number of nitrogens with zero attached hydrogens (tertiary/aromatic N) is 3. The lowest BCUT2D eigenvalue weighted by molar-refractivity contribution is -0.0864. The Morgan fingerprint density at radius 1 is 1.30 bits per heavy atom. The number of aromatic nitrogens is 1. The number of likely N-dealkylation sites (N-methyl/N-ethyl adjacent to an activating group) is 1. The van der Waals surface area contributed by atoms with Gasteiger partial charge in [-0.1, -0.05) is 29.4 Å². The molecule has 0 spiro atoms. The minimum absolute atomic E-state index is 0.0560. The maximum absolute atomic E-state index is 13.1. The number of morpholine rings is 1. The van der Waals surface area contributed by atoms with Crippen LogP contribution in [0.3, 0.4) is 0 Å². The molecule has 1 fully saturated rings. The van der Waals surface area contributed by atoms with E-state index in [1.807, 2.05) is 38.2 Å². The topological polar surface area (TPSA) is 58.8 Å². The normalized spacial score (nSPS) is 17.1. The highest BCUT2D eigenvalue weighted by atomic mass is 16.5. The van der Waals surface area contributed by atoms with Gasteiger partial charge in [0.1, 0.15) is 17.0 Å². The van der Waals surface area contributed by atoms with Gasteiger partial charge in [0.15, 0.2) is 0 Å². The van der Waals surface area contributed by atoms with Gasteiger partial charge in [-0.2, -0.15) is 0 Å². The molecule has 1 amide bonds. The fourth-order valence-corrected chi connectivity index (χ4v) is 3.54. The van der Waals surface area contributed by atoms with Crippen LogP contribution in [0.15, 0.2) is 28.8 Å². The van der Waals surface area contributed by atoms with E-state index in [4.69, 9.17) is 9.26 Å². The van der Waals surface area contributed by atoms with E-state index in [-0.39, 0.29) is 11.5 Å². The first kappa shape index (κ1) is 19.6. The van der Waals surface area contributed by atoms with Crippen LogP contribution in [-0.2, 0) is 4.74 Å². The van der Waals surface area contributed by atoms with E-state index in [1.54, 1.807) is 11.8 Å². The minimum atomic E-state index is -0.135. The first-order chi connectivity index (χ1) is 12.8. The molecule has 2 heterocycles. The summed E-state index contributed by atoms with van der Waals surface area (Å²) in [5.74, 6) is 0.497. The Morgan fingerprint density at radius 3 is 2.74 bits per heavy atom. The first-order valence-corrected chi connectivity index (χ1v) is 9.42. The molecule has 0 unspecified atom stereocenters. The molecule has 6 nitrogen and oxygen atoms in total. The number of hydrogen-bond acceptors (Lipinski definition) is 5. The molecule has 6 heteroatoms. The van der Waals surface area contributed by atoms with Gasteiger partial charge in [0.25, 0.3) is 5.91 Å². The lowest BCUT2D eigenvalue weighted by Gasteiger charge is -2.38. The van der Waals surface area contributed by atoms with Crippen molar-refractivity contribution in [3.05, 3.63) is 41.2 Å². The number of hydrogen-bond donors (Lipinski definition) is 0. The molecule has 1 aliphatic heterocycles. The fourth-order valence-electron chi connectivity index (χ4n) is 3.54. The zero-order valence-electron chi connectivity index (χ0n) is 16.9. The van der Waals surface area contributed by atoms with E-state index < -0.39 is 0 Å². The largest absolute Gasteiger partial charge is 0.373 e. The molecule has 3 rings (SSSR count). The Morgan fingerprint density at radius 2 is 2.04 bits per heavy atom. The van der Waals surface area contributed by atoms with Crippen LogP contribution in [0, 0.1) is 13.8 Å². The summed E-state index contributed by atoms with van der Waals surface area (Å²) in [5.41, 5.74) is 3.03. The predicted octanol–water partition coefficient (Wildman–Crippen LogP) is 3.14. The quantitative estimate of drug-likeness (QED) is 0.808. The van der Waals surface area contributed by atoms with Gasteiger partial charge < -0.3 is 14.2 Å². The van der Waals surface area contributed by atoms with Crippen LogP contribution in [0.2, 0.25) is 0 Å². The monoisotopic (exact) mass is 371 g/mol. The highest BCUT2D eigenvalue weighted by Crippen LogP contribution is 2.28. The number of amides is 1. The van der Waals surface area contributed by atoms with Gasteiger partial charge >= 0.3 is 0 Å². The summed E-state index contributed by atoms with van der Waals surface area (Å²) in [6, 6.07) is 7.91. The third kappa shape index (κ3) is 4.39. The standard InChI is InChI=1S/C21H29N3O3/c1-15-8-6-7-9-17(15)19-18(16(2)27-22-19)20(25)23(5)10-11-24-12-13-26-21(3,4)14-24/h6-9H,10-14H2,1-5H3. The van der Waals surface area contributed by atoms with Gasteiger partial charge in [-0.05, 0) is 33.3 Å². The summed E-state index contributed by atoms with van der Waals surface area (Å²) in [6.45, 7) is 12.0. The van der Waals surface area contributed by atoms with E-state index in [2.05, 4.69) is 23.9 Å². The van der Waals surface area contributed by atoms with Crippen LogP contribution < -0.4 is 0 Å². The molecule has 0 atom stereocenters. The van der Waals surface area contributed by atoms with Crippen molar-refractivity contribution in [3.63, 3.8) is 0 Å². The predicted molar refractivity (Wildman–Crippen MR) is 105 cm³/mol. The Kier molecular flexibility index (Phi) is 5.67. The molecule has 1 aromatic carbocycles. The van der Waals surface area contributed by atoms with Crippen molar-refractivity contribution in [1.82, 2.24) is 15.0 Å². The van der Waals surface area contributed by atoms with Crippen molar-refractivity contribution < 1.29 is 14.1 Å². The van der Waals surface area contributed by atoms with Crippen molar-refractivity contribution in [3.8, 4) is 11.3 Å². The molecule has 0 N–H and O–H groups in total. The van der Waals surface area contributed by atoms with Gasteiger partial charge in [-0.25, -0.2) is 0 Å². The molecular weight excluding hydrogens is 342 g/mol. The summed E-state index contributed by atoms with van der Waals surface area (Å²) in [4.78, 5) is 17.2. The van der Waals surface area contributed by atoms with Gasteiger partial charge in [-0.3, -0.25) is 9.69 Å². The van der Waals surface area contributed by atoms with E-state index in [0.717, 1.165) is 37.4 Å². The summed E-state index contributed by atoms with van der Waals surface area (Å²) in [5, 5.41) is 4.17. The summed E-state index contributed by atoms with van der Waals surface area (Å²) in [7, 11) is 1.84. The van der Waals surface area contributed by atoms with Crippen molar-refractivity contribution >= 4 is 5.91 Å². The summed E-state index contributed by atoms with van der Waals surface area (Å²) < 4.78 is 11.1. The van der Waals surface area contributed by atoms with Crippen LogP contribution in [0.25, 0.3) is 11.3 Å². The second-order valence-electron chi connectivity index (χ2n) is 7.89. The van der Waals surface area contributed by atoms with Crippen LogP contribution >= 0.6 is 0 Å². The maximum Gasteiger partial charge on any atom is 0.259 e. The molecule has 1 aromatic heterocycles. The van der Waals surface area contributed by atoms with Crippen molar-refractivity contribution in [1.29, 1.82) is 0 Å². The SMILES string of the molecule is Cc1ccccc1-c1noc(C)c1C(=O)N(C)CCN1CCOC(C)(C)C1. The highest BCUT2D eigenvalue weighted by molar-refractivity contribution is 6.00. The first-order valence-electron chi connectivity index (χ1n) is 9.42. The van der Waals surface area contributed by atoms with Crippen molar-refractivity contribution in [2.45, 2.75) is 33.3 Å². The Labute approximate surface area is 161 Å². The second-order valence-corrected chi connectivity index (χ2v) is 7.89. The molecule has 0 bridgehead atoms.